The lowest BCUT2D eigenvalue weighted by Gasteiger charge is -2.17. The van der Waals surface area contributed by atoms with Crippen molar-refractivity contribution in [3.63, 3.8) is 0 Å². The van der Waals surface area contributed by atoms with Gasteiger partial charge >= 0.3 is 0 Å². The van der Waals surface area contributed by atoms with Crippen LogP contribution in [0.4, 0.5) is 4.39 Å². The Balaban J connectivity index is 1.56. The van der Waals surface area contributed by atoms with E-state index in [0.717, 1.165) is 24.1 Å². The van der Waals surface area contributed by atoms with Gasteiger partial charge in [0.15, 0.2) is 0 Å². The van der Waals surface area contributed by atoms with Crippen molar-refractivity contribution in [2.75, 3.05) is 7.05 Å². The van der Waals surface area contributed by atoms with Crippen molar-refractivity contribution in [2.24, 2.45) is 5.92 Å². The van der Waals surface area contributed by atoms with E-state index >= 15 is 0 Å². The van der Waals surface area contributed by atoms with E-state index in [9.17, 15) is 9.18 Å². The quantitative estimate of drug-likeness (QED) is 0.750. The molecule has 1 saturated carbocycles. The van der Waals surface area contributed by atoms with Gasteiger partial charge in [-0.1, -0.05) is 24.3 Å². The summed E-state index contributed by atoms with van der Waals surface area (Å²) in [5, 5.41) is 0. The minimum absolute atomic E-state index is 0.122. The van der Waals surface area contributed by atoms with Crippen molar-refractivity contribution >= 4 is 5.91 Å². The SMILES string of the molecule is CN1C(=O)[C@@H](c2ccc(C#Cc3cccc(F)c3)cn2)C2CCC[C@@H]21. The molecule has 1 aliphatic heterocycles. The molecule has 0 spiro atoms. The number of benzene rings is 1. The van der Waals surface area contributed by atoms with Crippen LogP contribution in [-0.2, 0) is 4.79 Å². The Bertz CT molecular complexity index is 865. The third-order valence-electron chi connectivity index (χ3n) is 5.35. The molecule has 0 radical (unpaired) electrons. The van der Waals surface area contributed by atoms with E-state index in [1.165, 1.54) is 18.6 Å². The first-order valence-corrected chi connectivity index (χ1v) is 8.64. The molecule has 1 aromatic carbocycles. The highest BCUT2D eigenvalue weighted by Gasteiger charge is 2.49. The summed E-state index contributed by atoms with van der Waals surface area (Å²) in [6, 6.07) is 10.4. The number of fused-ring (bicyclic) bond motifs is 1. The van der Waals surface area contributed by atoms with Gasteiger partial charge in [-0.05, 0) is 49.1 Å². The Labute approximate surface area is 146 Å². The average Bonchev–Trinajstić information content (AvgIpc) is 3.17. The van der Waals surface area contributed by atoms with Crippen LogP contribution in [0.5, 0.6) is 0 Å². The number of pyridine rings is 1. The van der Waals surface area contributed by atoms with Crippen molar-refractivity contribution in [3.05, 3.63) is 65.2 Å². The summed E-state index contributed by atoms with van der Waals surface area (Å²) in [6.07, 6.45) is 5.08. The van der Waals surface area contributed by atoms with E-state index in [0.29, 0.717) is 17.5 Å². The fourth-order valence-electron chi connectivity index (χ4n) is 4.12. The highest BCUT2D eigenvalue weighted by molar-refractivity contribution is 5.86. The zero-order chi connectivity index (χ0) is 17.4. The highest BCUT2D eigenvalue weighted by Crippen LogP contribution is 2.45. The van der Waals surface area contributed by atoms with Crippen molar-refractivity contribution in [1.29, 1.82) is 0 Å². The molecule has 2 heterocycles. The van der Waals surface area contributed by atoms with E-state index in [2.05, 4.69) is 16.8 Å². The molecule has 1 amide bonds. The summed E-state index contributed by atoms with van der Waals surface area (Å²) in [5.41, 5.74) is 2.22. The first kappa shape index (κ1) is 15.8. The molecule has 25 heavy (non-hydrogen) atoms. The fraction of sp³-hybridized carbons (Fsp3) is 0.333. The summed E-state index contributed by atoms with van der Waals surface area (Å²) in [6.45, 7) is 0. The number of likely N-dealkylation sites (tertiary alicyclic amines) is 1. The van der Waals surface area contributed by atoms with Gasteiger partial charge in [0, 0.05) is 30.4 Å². The van der Waals surface area contributed by atoms with Gasteiger partial charge in [0.25, 0.3) is 0 Å². The third kappa shape index (κ3) is 2.91. The Hall–Kier alpha value is -2.67. The second kappa shape index (κ2) is 6.33. The number of carbonyl (C=O) groups is 1. The Morgan fingerprint density at radius 3 is 2.76 bits per heavy atom. The monoisotopic (exact) mass is 334 g/mol. The number of nitrogens with zero attached hydrogens (tertiary/aromatic N) is 2. The van der Waals surface area contributed by atoms with Crippen LogP contribution >= 0.6 is 0 Å². The molecule has 3 atom stereocenters. The van der Waals surface area contributed by atoms with Gasteiger partial charge in [0.05, 0.1) is 11.6 Å². The number of halogens is 1. The standard InChI is InChI=1S/C21H19FN2O/c1-24-19-7-3-6-17(19)20(21(24)25)18-11-10-15(13-23-18)9-8-14-4-2-5-16(22)12-14/h2,4-5,10-13,17,19-20H,3,6-7H2,1H3/t17?,19-,20+/m0/s1. The minimum atomic E-state index is -0.296. The van der Waals surface area contributed by atoms with E-state index in [4.69, 9.17) is 0 Å². The molecular weight excluding hydrogens is 315 g/mol. The zero-order valence-corrected chi connectivity index (χ0v) is 14.1. The molecule has 3 nitrogen and oxygen atoms in total. The summed E-state index contributed by atoms with van der Waals surface area (Å²) >= 11 is 0. The number of aromatic nitrogens is 1. The molecule has 2 aromatic rings. The topological polar surface area (TPSA) is 33.2 Å². The zero-order valence-electron chi connectivity index (χ0n) is 14.1. The van der Waals surface area contributed by atoms with Gasteiger partial charge < -0.3 is 4.90 Å². The molecule has 126 valence electrons. The second-order valence-corrected chi connectivity index (χ2v) is 6.82. The second-order valence-electron chi connectivity index (χ2n) is 6.82. The summed E-state index contributed by atoms with van der Waals surface area (Å²) < 4.78 is 13.2. The van der Waals surface area contributed by atoms with Crippen LogP contribution in [0.3, 0.4) is 0 Å². The van der Waals surface area contributed by atoms with Gasteiger partial charge in [-0.2, -0.15) is 0 Å². The number of carbonyl (C=O) groups excluding carboxylic acids is 1. The van der Waals surface area contributed by atoms with Gasteiger partial charge in [0.2, 0.25) is 5.91 Å². The first-order valence-electron chi connectivity index (χ1n) is 8.64. The Kier molecular flexibility index (Phi) is 4.01. The molecule has 1 aromatic heterocycles. The van der Waals surface area contributed by atoms with Crippen LogP contribution in [0.15, 0.2) is 42.6 Å². The maximum Gasteiger partial charge on any atom is 0.232 e. The molecule has 2 aliphatic rings. The minimum Gasteiger partial charge on any atom is -0.342 e. The van der Waals surface area contributed by atoms with Gasteiger partial charge in [-0.25, -0.2) is 4.39 Å². The molecule has 1 saturated heterocycles. The van der Waals surface area contributed by atoms with Crippen LogP contribution in [-0.4, -0.2) is 28.9 Å². The molecule has 0 N–H and O–H groups in total. The van der Waals surface area contributed by atoms with Crippen LogP contribution in [0.25, 0.3) is 0 Å². The molecule has 0 bridgehead atoms. The number of amides is 1. The van der Waals surface area contributed by atoms with E-state index in [-0.39, 0.29) is 17.6 Å². The molecular formula is C21H19FN2O. The lowest BCUT2D eigenvalue weighted by Crippen LogP contribution is -2.29. The number of rotatable bonds is 1. The van der Waals surface area contributed by atoms with E-state index in [1.807, 2.05) is 24.1 Å². The van der Waals surface area contributed by atoms with Crippen molar-refractivity contribution in [1.82, 2.24) is 9.88 Å². The van der Waals surface area contributed by atoms with Crippen LogP contribution in [0.2, 0.25) is 0 Å². The molecule has 1 aliphatic carbocycles. The highest BCUT2D eigenvalue weighted by atomic mass is 19.1. The smallest absolute Gasteiger partial charge is 0.232 e. The van der Waals surface area contributed by atoms with Gasteiger partial charge in [0.1, 0.15) is 5.82 Å². The van der Waals surface area contributed by atoms with Crippen LogP contribution in [0, 0.1) is 23.6 Å². The number of hydrogen-bond donors (Lipinski definition) is 0. The van der Waals surface area contributed by atoms with E-state index < -0.39 is 0 Å². The summed E-state index contributed by atoms with van der Waals surface area (Å²) in [7, 11) is 1.91. The Morgan fingerprint density at radius 2 is 2.00 bits per heavy atom. The Morgan fingerprint density at radius 1 is 1.16 bits per heavy atom. The van der Waals surface area contributed by atoms with E-state index in [1.54, 1.807) is 18.3 Å². The first-order chi connectivity index (χ1) is 12.1. The molecule has 1 unspecified atom stereocenters. The lowest BCUT2D eigenvalue weighted by atomic mass is 9.89. The fourth-order valence-corrected chi connectivity index (χ4v) is 4.12. The summed E-state index contributed by atoms with van der Waals surface area (Å²) in [5.74, 6) is 6.08. The van der Waals surface area contributed by atoms with Gasteiger partial charge in [-0.3, -0.25) is 9.78 Å². The molecule has 4 rings (SSSR count). The summed E-state index contributed by atoms with van der Waals surface area (Å²) in [4.78, 5) is 19.0. The largest absolute Gasteiger partial charge is 0.342 e. The van der Waals surface area contributed by atoms with Gasteiger partial charge in [-0.15, -0.1) is 0 Å². The van der Waals surface area contributed by atoms with Crippen molar-refractivity contribution in [2.45, 2.75) is 31.2 Å². The predicted octanol–water partition coefficient (Wildman–Crippen LogP) is 3.34. The molecule has 4 heteroatoms. The maximum absolute atomic E-state index is 13.2. The lowest BCUT2D eigenvalue weighted by molar-refractivity contribution is -0.129. The number of hydrogen-bond acceptors (Lipinski definition) is 2. The van der Waals surface area contributed by atoms with Crippen molar-refractivity contribution in [3.8, 4) is 11.8 Å². The van der Waals surface area contributed by atoms with Crippen LogP contribution < -0.4 is 0 Å². The normalized spacial score (nSPS) is 24.8. The average molecular weight is 334 g/mol. The number of likely N-dealkylation sites (N-methyl/N-ethyl adjacent to an activating group) is 1. The predicted molar refractivity (Wildman–Crippen MR) is 93.3 cm³/mol. The van der Waals surface area contributed by atoms with Crippen molar-refractivity contribution < 1.29 is 9.18 Å². The molecule has 2 fully saturated rings. The third-order valence-corrected chi connectivity index (χ3v) is 5.35. The van der Waals surface area contributed by atoms with Crippen LogP contribution in [0.1, 0.15) is 42.0 Å². The maximum atomic E-state index is 13.2.